The van der Waals surface area contributed by atoms with Crippen molar-refractivity contribution in [1.82, 2.24) is 0 Å². The Morgan fingerprint density at radius 1 is 1.00 bits per heavy atom. The van der Waals surface area contributed by atoms with Crippen LogP contribution in [0.3, 0.4) is 0 Å². The molecule has 20 heavy (non-hydrogen) atoms. The van der Waals surface area contributed by atoms with E-state index in [0.717, 1.165) is 24.8 Å². The molecule has 0 atom stereocenters. The summed E-state index contributed by atoms with van der Waals surface area (Å²) in [6, 6.07) is 7.06. The van der Waals surface area contributed by atoms with Gasteiger partial charge in [0.15, 0.2) is 0 Å². The smallest absolute Gasteiger partial charge is 0.404 e. The Morgan fingerprint density at radius 2 is 1.60 bits per heavy atom. The number of aryl methyl sites for hydroxylation is 1. The summed E-state index contributed by atoms with van der Waals surface area (Å²) in [4.78, 5) is 17.8. The summed E-state index contributed by atoms with van der Waals surface area (Å²) in [5, 5.41) is 0. The molecule has 0 aliphatic rings. The van der Waals surface area contributed by atoms with Crippen LogP contribution >= 0.6 is 7.82 Å². The molecule has 114 valence electrons. The third kappa shape index (κ3) is 7.68. The standard InChI is InChI=1S/C15H25O4P/c1-2-3-4-5-6-7-8-11-14-12-9-10-13-15(14)19-20(16,17)18/h9-10,12-13H,2-8,11H2,1H3,(H2,16,17,18). The van der Waals surface area contributed by atoms with E-state index in [1.54, 1.807) is 12.1 Å². The Labute approximate surface area is 121 Å². The van der Waals surface area contributed by atoms with Crippen LogP contribution in [0.5, 0.6) is 5.75 Å². The molecule has 0 aliphatic carbocycles. The van der Waals surface area contributed by atoms with Crippen LogP contribution in [0.15, 0.2) is 24.3 Å². The summed E-state index contributed by atoms with van der Waals surface area (Å²) in [6.07, 6.45) is 9.32. The predicted octanol–water partition coefficient (Wildman–Crippen LogP) is 4.45. The molecule has 0 saturated heterocycles. The molecule has 0 saturated carbocycles. The van der Waals surface area contributed by atoms with Gasteiger partial charge in [0.1, 0.15) is 5.75 Å². The Kier molecular flexibility index (Phi) is 7.90. The molecular weight excluding hydrogens is 275 g/mol. The van der Waals surface area contributed by atoms with E-state index in [1.807, 2.05) is 12.1 Å². The molecule has 0 fully saturated rings. The first-order chi connectivity index (χ1) is 9.53. The van der Waals surface area contributed by atoms with Gasteiger partial charge in [0, 0.05) is 0 Å². The van der Waals surface area contributed by atoms with Gasteiger partial charge in [0.25, 0.3) is 0 Å². The highest BCUT2D eigenvalue weighted by molar-refractivity contribution is 7.46. The second kappa shape index (κ2) is 9.17. The molecule has 1 aromatic carbocycles. The van der Waals surface area contributed by atoms with Gasteiger partial charge in [-0.1, -0.05) is 63.6 Å². The fourth-order valence-electron chi connectivity index (χ4n) is 2.20. The van der Waals surface area contributed by atoms with Crippen molar-refractivity contribution in [2.24, 2.45) is 0 Å². The number of rotatable bonds is 10. The lowest BCUT2D eigenvalue weighted by Gasteiger charge is -2.11. The topological polar surface area (TPSA) is 66.8 Å². The quantitative estimate of drug-likeness (QED) is 0.495. The third-order valence-corrected chi connectivity index (χ3v) is 3.67. The molecule has 0 heterocycles. The number of phosphoric acid groups is 1. The van der Waals surface area contributed by atoms with Crippen LogP contribution < -0.4 is 4.52 Å². The van der Waals surface area contributed by atoms with Crippen molar-refractivity contribution in [3.63, 3.8) is 0 Å². The maximum atomic E-state index is 10.9. The number of hydrogen-bond donors (Lipinski definition) is 2. The minimum Gasteiger partial charge on any atom is -0.404 e. The van der Waals surface area contributed by atoms with Gasteiger partial charge in [-0.25, -0.2) is 4.57 Å². The third-order valence-electron chi connectivity index (χ3n) is 3.24. The Balaban J connectivity index is 2.34. The fourth-order valence-corrected chi connectivity index (χ4v) is 2.63. The predicted molar refractivity (Wildman–Crippen MR) is 80.8 cm³/mol. The minimum absolute atomic E-state index is 0.298. The van der Waals surface area contributed by atoms with Crippen LogP contribution in [-0.2, 0) is 11.0 Å². The lowest BCUT2D eigenvalue weighted by atomic mass is 10.0. The molecule has 4 nitrogen and oxygen atoms in total. The molecule has 1 aromatic rings. The highest BCUT2D eigenvalue weighted by Crippen LogP contribution is 2.39. The van der Waals surface area contributed by atoms with E-state index in [1.165, 1.54) is 32.1 Å². The average molecular weight is 300 g/mol. The normalized spacial score (nSPS) is 11.6. The van der Waals surface area contributed by atoms with Crippen molar-refractivity contribution in [3.8, 4) is 5.75 Å². The first-order valence-corrected chi connectivity index (χ1v) is 8.89. The number of benzene rings is 1. The molecular formula is C15H25O4P. The zero-order valence-electron chi connectivity index (χ0n) is 12.1. The molecule has 0 radical (unpaired) electrons. The molecule has 0 bridgehead atoms. The largest absolute Gasteiger partial charge is 0.524 e. The number of unbranched alkanes of at least 4 members (excludes halogenated alkanes) is 6. The molecule has 0 unspecified atom stereocenters. The molecule has 0 aromatic heterocycles. The monoisotopic (exact) mass is 300 g/mol. The van der Waals surface area contributed by atoms with Gasteiger partial charge in [0.2, 0.25) is 0 Å². The SMILES string of the molecule is CCCCCCCCCc1ccccc1OP(=O)(O)O. The van der Waals surface area contributed by atoms with E-state index in [9.17, 15) is 4.57 Å². The van der Waals surface area contributed by atoms with Crippen LogP contribution in [0.25, 0.3) is 0 Å². The van der Waals surface area contributed by atoms with Crippen LogP contribution in [-0.4, -0.2) is 9.79 Å². The van der Waals surface area contributed by atoms with Crippen LogP contribution in [0.4, 0.5) is 0 Å². The van der Waals surface area contributed by atoms with E-state index in [-0.39, 0.29) is 0 Å². The van der Waals surface area contributed by atoms with E-state index < -0.39 is 7.82 Å². The molecule has 0 amide bonds. The van der Waals surface area contributed by atoms with Gasteiger partial charge in [-0.05, 0) is 24.5 Å². The van der Waals surface area contributed by atoms with Gasteiger partial charge >= 0.3 is 7.82 Å². The van der Waals surface area contributed by atoms with Gasteiger partial charge in [0.05, 0.1) is 0 Å². The second-order valence-corrected chi connectivity index (χ2v) is 6.22. The Bertz CT molecular complexity index is 428. The summed E-state index contributed by atoms with van der Waals surface area (Å²) >= 11 is 0. The van der Waals surface area contributed by atoms with Crippen molar-refractivity contribution < 1.29 is 18.9 Å². The van der Waals surface area contributed by atoms with Crippen molar-refractivity contribution in [2.45, 2.75) is 58.3 Å². The van der Waals surface area contributed by atoms with Gasteiger partial charge in [-0.2, -0.15) is 0 Å². The molecule has 0 aliphatic heterocycles. The highest BCUT2D eigenvalue weighted by atomic mass is 31.2. The number of phosphoric ester groups is 1. The van der Waals surface area contributed by atoms with Crippen molar-refractivity contribution >= 4 is 7.82 Å². The van der Waals surface area contributed by atoms with E-state index in [0.29, 0.717) is 5.75 Å². The lowest BCUT2D eigenvalue weighted by molar-refractivity contribution is 0.282. The van der Waals surface area contributed by atoms with Crippen molar-refractivity contribution in [1.29, 1.82) is 0 Å². The van der Waals surface area contributed by atoms with Crippen molar-refractivity contribution in [2.75, 3.05) is 0 Å². The summed E-state index contributed by atoms with van der Waals surface area (Å²) < 4.78 is 15.6. The number of hydrogen-bond acceptors (Lipinski definition) is 2. The Morgan fingerprint density at radius 3 is 2.25 bits per heavy atom. The maximum absolute atomic E-state index is 10.9. The Hall–Kier alpha value is -0.830. The summed E-state index contributed by atoms with van der Waals surface area (Å²) in [6.45, 7) is 2.21. The van der Waals surface area contributed by atoms with Gasteiger partial charge in [-0.15, -0.1) is 0 Å². The summed E-state index contributed by atoms with van der Waals surface area (Å²) in [5.74, 6) is 0.298. The van der Waals surface area contributed by atoms with Crippen LogP contribution in [0.1, 0.15) is 57.4 Å². The molecule has 1 rings (SSSR count). The highest BCUT2D eigenvalue weighted by Gasteiger charge is 2.17. The van der Waals surface area contributed by atoms with Gasteiger partial charge < -0.3 is 4.52 Å². The van der Waals surface area contributed by atoms with Crippen molar-refractivity contribution in [3.05, 3.63) is 29.8 Å². The zero-order chi connectivity index (χ0) is 14.8. The van der Waals surface area contributed by atoms with E-state index >= 15 is 0 Å². The van der Waals surface area contributed by atoms with Gasteiger partial charge in [-0.3, -0.25) is 9.79 Å². The molecule has 2 N–H and O–H groups in total. The minimum atomic E-state index is -4.47. The number of para-hydroxylation sites is 1. The molecule has 0 spiro atoms. The molecule has 5 heteroatoms. The zero-order valence-corrected chi connectivity index (χ0v) is 13.0. The van der Waals surface area contributed by atoms with Crippen LogP contribution in [0, 0.1) is 0 Å². The van der Waals surface area contributed by atoms with E-state index in [2.05, 4.69) is 6.92 Å². The first kappa shape index (κ1) is 17.2. The first-order valence-electron chi connectivity index (χ1n) is 7.36. The average Bonchev–Trinajstić information content (AvgIpc) is 2.38. The lowest BCUT2D eigenvalue weighted by Crippen LogP contribution is -1.95. The summed E-state index contributed by atoms with van der Waals surface area (Å²) in [5.41, 5.74) is 0.865. The van der Waals surface area contributed by atoms with Crippen LogP contribution in [0.2, 0.25) is 0 Å². The van der Waals surface area contributed by atoms with E-state index in [4.69, 9.17) is 14.3 Å². The summed E-state index contributed by atoms with van der Waals surface area (Å²) in [7, 11) is -4.47. The maximum Gasteiger partial charge on any atom is 0.524 e. The fraction of sp³-hybridized carbons (Fsp3) is 0.600. The second-order valence-electron chi connectivity index (χ2n) is 5.06.